The van der Waals surface area contributed by atoms with Gasteiger partial charge in [0.05, 0.1) is 11.4 Å². The van der Waals surface area contributed by atoms with Crippen molar-refractivity contribution in [1.82, 2.24) is 4.98 Å². The van der Waals surface area contributed by atoms with Crippen LogP contribution in [0.15, 0.2) is 81.4 Å². The SMILES string of the molecule is Brc1ccc2c(c1)N1C=CCc3cc(OCc4cccnc4)cc(c31)S2. The standard InChI is InChI=1S/C21H15BrN2OS/c22-16-5-6-19-18(10-16)24-8-2-4-15-9-17(11-20(26-19)21(15)24)25-13-14-3-1-7-23-12-14/h1-3,5-12H,4,13H2. The highest BCUT2D eigenvalue weighted by Gasteiger charge is 2.27. The van der Waals surface area contributed by atoms with Crippen LogP contribution in [0, 0.1) is 0 Å². The van der Waals surface area contributed by atoms with Crippen molar-refractivity contribution in [3.05, 3.63) is 82.7 Å². The molecule has 128 valence electrons. The Bertz CT molecular complexity index is 1020. The smallest absolute Gasteiger partial charge is 0.121 e. The van der Waals surface area contributed by atoms with E-state index in [1.807, 2.05) is 18.3 Å². The van der Waals surface area contributed by atoms with E-state index in [9.17, 15) is 0 Å². The normalized spacial score (nSPS) is 14.0. The fourth-order valence-corrected chi connectivity index (χ4v) is 4.81. The Labute approximate surface area is 164 Å². The average Bonchev–Trinajstić information content (AvgIpc) is 2.68. The summed E-state index contributed by atoms with van der Waals surface area (Å²) in [5.41, 5.74) is 4.86. The Morgan fingerprint density at radius 2 is 2.12 bits per heavy atom. The molecule has 0 aliphatic carbocycles. The number of nitrogens with zero attached hydrogens (tertiary/aromatic N) is 2. The molecular weight excluding hydrogens is 408 g/mol. The van der Waals surface area contributed by atoms with Gasteiger partial charge in [0.2, 0.25) is 0 Å². The van der Waals surface area contributed by atoms with Crippen molar-refractivity contribution in [3.63, 3.8) is 0 Å². The number of rotatable bonds is 3. The molecule has 3 nitrogen and oxygen atoms in total. The van der Waals surface area contributed by atoms with Crippen molar-refractivity contribution in [1.29, 1.82) is 0 Å². The van der Waals surface area contributed by atoms with Crippen molar-refractivity contribution in [2.24, 2.45) is 0 Å². The number of aromatic nitrogens is 1. The first kappa shape index (κ1) is 16.0. The van der Waals surface area contributed by atoms with Crippen LogP contribution < -0.4 is 9.64 Å². The molecule has 2 aromatic carbocycles. The number of hydrogen-bond donors (Lipinski definition) is 0. The van der Waals surface area contributed by atoms with E-state index >= 15 is 0 Å². The second kappa shape index (κ2) is 6.49. The maximum atomic E-state index is 6.06. The van der Waals surface area contributed by atoms with Crippen LogP contribution in [-0.2, 0) is 13.0 Å². The number of fused-ring (bicyclic) bond motifs is 2. The maximum absolute atomic E-state index is 6.06. The van der Waals surface area contributed by atoms with E-state index in [0.29, 0.717) is 6.61 Å². The third kappa shape index (κ3) is 2.81. The molecule has 5 rings (SSSR count). The van der Waals surface area contributed by atoms with Gasteiger partial charge >= 0.3 is 0 Å². The van der Waals surface area contributed by atoms with Gasteiger partial charge in [-0.2, -0.15) is 0 Å². The van der Waals surface area contributed by atoms with Gasteiger partial charge in [-0.15, -0.1) is 0 Å². The first-order chi connectivity index (χ1) is 12.8. The summed E-state index contributed by atoms with van der Waals surface area (Å²) >= 11 is 5.40. The zero-order valence-electron chi connectivity index (χ0n) is 13.9. The third-order valence-electron chi connectivity index (χ3n) is 4.49. The predicted octanol–water partition coefficient (Wildman–Crippen LogP) is 6.10. The van der Waals surface area contributed by atoms with Gasteiger partial charge in [0.15, 0.2) is 0 Å². The first-order valence-electron chi connectivity index (χ1n) is 8.40. The molecule has 0 spiro atoms. The lowest BCUT2D eigenvalue weighted by molar-refractivity contribution is 0.305. The molecule has 3 aromatic rings. The van der Waals surface area contributed by atoms with Crippen molar-refractivity contribution >= 4 is 39.1 Å². The van der Waals surface area contributed by atoms with E-state index in [-0.39, 0.29) is 0 Å². The minimum Gasteiger partial charge on any atom is -0.489 e. The molecule has 0 fully saturated rings. The summed E-state index contributed by atoms with van der Waals surface area (Å²) in [6.07, 6.45) is 8.92. The van der Waals surface area contributed by atoms with Gasteiger partial charge in [-0.3, -0.25) is 4.98 Å². The fraction of sp³-hybridized carbons (Fsp3) is 0.0952. The Balaban J connectivity index is 1.51. The molecule has 5 heteroatoms. The summed E-state index contributed by atoms with van der Waals surface area (Å²) in [6.45, 7) is 0.528. The summed E-state index contributed by atoms with van der Waals surface area (Å²) in [5, 5.41) is 0. The Morgan fingerprint density at radius 1 is 1.15 bits per heavy atom. The Hall–Kier alpha value is -2.24. The molecule has 2 aliphatic rings. The molecule has 2 aliphatic heterocycles. The Morgan fingerprint density at radius 3 is 3.00 bits per heavy atom. The van der Waals surface area contributed by atoms with Crippen LogP contribution in [0.25, 0.3) is 0 Å². The minimum atomic E-state index is 0.528. The largest absolute Gasteiger partial charge is 0.489 e. The van der Waals surface area contributed by atoms with Crippen molar-refractivity contribution < 1.29 is 4.74 Å². The fourth-order valence-electron chi connectivity index (χ4n) is 3.32. The van der Waals surface area contributed by atoms with E-state index in [1.165, 1.54) is 26.7 Å². The van der Waals surface area contributed by atoms with E-state index in [4.69, 9.17) is 4.74 Å². The second-order valence-corrected chi connectivity index (χ2v) is 8.25. The van der Waals surface area contributed by atoms with E-state index in [0.717, 1.165) is 22.2 Å². The molecule has 0 amide bonds. The topological polar surface area (TPSA) is 25.4 Å². The number of ether oxygens (including phenoxy) is 1. The lowest BCUT2D eigenvalue weighted by Crippen LogP contribution is -2.18. The molecule has 0 atom stereocenters. The van der Waals surface area contributed by atoms with Crippen molar-refractivity contribution in [2.45, 2.75) is 22.8 Å². The highest BCUT2D eigenvalue weighted by molar-refractivity contribution is 9.10. The summed E-state index contributed by atoms with van der Waals surface area (Å²) in [6, 6.07) is 14.7. The number of anilines is 2. The van der Waals surface area contributed by atoms with Crippen molar-refractivity contribution in [3.8, 4) is 5.75 Å². The van der Waals surface area contributed by atoms with Gasteiger partial charge in [0.1, 0.15) is 12.4 Å². The molecule has 0 unspecified atom stereocenters. The number of pyridine rings is 1. The van der Waals surface area contributed by atoms with Crippen LogP contribution >= 0.6 is 27.7 Å². The van der Waals surface area contributed by atoms with Crippen molar-refractivity contribution in [2.75, 3.05) is 4.90 Å². The molecule has 0 saturated heterocycles. The predicted molar refractivity (Wildman–Crippen MR) is 108 cm³/mol. The number of allylic oxidation sites excluding steroid dienone is 1. The maximum Gasteiger partial charge on any atom is 0.121 e. The Kier molecular flexibility index (Phi) is 3.98. The van der Waals surface area contributed by atoms with Gasteiger partial charge in [-0.1, -0.05) is 39.8 Å². The highest BCUT2D eigenvalue weighted by atomic mass is 79.9. The average molecular weight is 423 g/mol. The summed E-state index contributed by atoms with van der Waals surface area (Å²) in [5.74, 6) is 0.908. The van der Waals surface area contributed by atoms with E-state index in [2.05, 4.69) is 68.4 Å². The van der Waals surface area contributed by atoms with E-state index in [1.54, 1.807) is 18.0 Å². The summed E-state index contributed by atoms with van der Waals surface area (Å²) < 4.78 is 7.16. The van der Waals surface area contributed by atoms with Gasteiger partial charge in [0, 0.05) is 38.4 Å². The molecule has 0 N–H and O–H groups in total. The highest BCUT2D eigenvalue weighted by Crippen LogP contribution is 2.52. The van der Waals surface area contributed by atoms with Gasteiger partial charge in [0.25, 0.3) is 0 Å². The van der Waals surface area contributed by atoms with E-state index < -0.39 is 0 Å². The molecule has 26 heavy (non-hydrogen) atoms. The quantitative estimate of drug-likeness (QED) is 0.509. The van der Waals surface area contributed by atoms with Crippen LogP contribution in [0.1, 0.15) is 11.1 Å². The van der Waals surface area contributed by atoms with Gasteiger partial charge in [-0.25, -0.2) is 0 Å². The zero-order chi connectivity index (χ0) is 17.5. The minimum absolute atomic E-state index is 0.528. The van der Waals surface area contributed by atoms with Gasteiger partial charge < -0.3 is 9.64 Å². The monoisotopic (exact) mass is 422 g/mol. The molecule has 3 heterocycles. The lowest BCUT2D eigenvalue weighted by atomic mass is 10.0. The lowest BCUT2D eigenvalue weighted by Gasteiger charge is -2.34. The molecule has 0 saturated carbocycles. The molecule has 0 bridgehead atoms. The third-order valence-corrected chi connectivity index (χ3v) is 6.08. The molecule has 1 aromatic heterocycles. The van der Waals surface area contributed by atoms with Gasteiger partial charge in [-0.05, 0) is 48.4 Å². The number of benzene rings is 2. The number of halogens is 1. The molecule has 0 radical (unpaired) electrons. The summed E-state index contributed by atoms with van der Waals surface area (Å²) in [7, 11) is 0. The van der Waals surface area contributed by atoms with Crippen LogP contribution in [0.2, 0.25) is 0 Å². The number of hydrogen-bond acceptors (Lipinski definition) is 4. The summed E-state index contributed by atoms with van der Waals surface area (Å²) in [4.78, 5) is 8.93. The van der Waals surface area contributed by atoms with Crippen LogP contribution in [0.5, 0.6) is 5.75 Å². The first-order valence-corrected chi connectivity index (χ1v) is 10.0. The van der Waals surface area contributed by atoms with Crippen LogP contribution in [0.3, 0.4) is 0 Å². The van der Waals surface area contributed by atoms with Crippen LogP contribution in [0.4, 0.5) is 11.4 Å². The second-order valence-electron chi connectivity index (χ2n) is 6.25. The molecular formula is C21H15BrN2OS. The van der Waals surface area contributed by atoms with Crippen LogP contribution in [-0.4, -0.2) is 4.98 Å². The zero-order valence-corrected chi connectivity index (χ0v) is 16.3.